The van der Waals surface area contributed by atoms with Gasteiger partial charge in [-0.05, 0) is 39.0 Å². The third-order valence-electron chi connectivity index (χ3n) is 4.86. The van der Waals surface area contributed by atoms with Gasteiger partial charge in [0, 0.05) is 19.1 Å². The van der Waals surface area contributed by atoms with Crippen molar-refractivity contribution in [1.82, 2.24) is 19.7 Å². The van der Waals surface area contributed by atoms with Gasteiger partial charge in [-0.25, -0.2) is 0 Å². The molecule has 1 N–H and O–H groups in total. The van der Waals surface area contributed by atoms with Gasteiger partial charge >= 0.3 is 0 Å². The monoisotopic (exact) mass is 352 g/mol. The standard InChI is InChI=1S/C17H30N4O.CH2O2/c1-4-5-6-15-9-20(10-16(22-15)14-7-8-14)11-17-19-18-12-21(17)13(2)3;2-1-3/h12-16H,4-11H2,1-3H3;1H,(H,2,3)/t15-,16-;/m1./s1. The summed E-state index contributed by atoms with van der Waals surface area (Å²) in [5, 5.41) is 15.3. The summed E-state index contributed by atoms with van der Waals surface area (Å²) in [5.74, 6) is 1.88. The van der Waals surface area contributed by atoms with Gasteiger partial charge < -0.3 is 14.4 Å². The molecule has 0 bridgehead atoms. The second-order valence-electron chi connectivity index (χ2n) is 7.32. The zero-order chi connectivity index (χ0) is 18.2. The van der Waals surface area contributed by atoms with Crippen LogP contribution in [0.2, 0.25) is 0 Å². The third kappa shape index (κ3) is 6.08. The van der Waals surface area contributed by atoms with E-state index in [9.17, 15) is 0 Å². The average molecular weight is 352 g/mol. The minimum atomic E-state index is -0.250. The highest BCUT2D eigenvalue weighted by Gasteiger charge is 2.38. The molecule has 0 aromatic carbocycles. The number of hydrogen-bond acceptors (Lipinski definition) is 5. The summed E-state index contributed by atoms with van der Waals surface area (Å²) in [6.07, 6.45) is 9.08. The summed E-state index contributed by atoms with van der Waals surface area (Å²) in [6.45, 7) is 9.36. The molecule has 0 spiro atoms. The zero-order valence-corrected chi connectivity index (χ0v) is 15.7. The Morgan fingerprint density at radius 3 is 2.72 bits per heavy atom. The summed E-state index contributed by atoms with van der Waals surface area (Å²) >= 11 is 0. The number of rotatable bonds is 7. The van der Waals surface area contributed by atoms with Crippen LogP contribution in [0, 0.1) is 5.92 Å². The molecule has 7 nitrogen and oxygen atoms in total. The third-order valence-corrected chi connectivity index (χ3v) is 4.86. The van der Waals surface area contributed by atoms with E-state index in [2.05, 4.69) is 40.4 Å². The van der Waals surface area contributed by atoms with Gasteiger partial charge in [0.1, 0.15) is 12.2 Å². The summed E-state index contributed by atoms with van der Waals surface area (Å²) in [4.78, 5) is 10.9. The molecule has 7 heteroatoms. The Balaban J connectivity index is 0.000000701. The summed E-state index contributed by atoms with van der Waals surface area (Å²) in [7, 11) is 0. The number of unbranched alkanes of at least 4 members (excludes halogenated alkanes) is 1. The summed E-state index contributed by atoms with van der Waals surface area (Å²) in [6, 6.07) is 0.418. The van der Waals surface area contributed by atoms with Gasteiger partial charge in [0.2, 0.25) is 0 Å². The number of hydrogen-bond donors (Lipinski definition) is 1. The van der Waals surface area contributed by atoms with E-state index in [1.807, 2.05) is 6.33 Å². The van der Waals surface area contributed by atoms with Crippen molar-refractivity contribution >= 4 is 6.47 Å². The van der Waals surface area contributed by atoms with E-state index in [-0.39, 0.29) is 6.47 Å². The normalized spacial score (nSPS) is 24.0. The molecule has 1 aliphatic carbocycles. The fourth-order valence-corrected chi connectivity index (χ4v) is 3.41. The van der Waals surface area contributed by atoms with Crippen LogP contribution in [-0.4, -0.2) is 56.5 Å². The van der Waals surface area contributed by atoms with Gasteiger partial charge in [-0.2, -0.15) is 0 Å². The van der Waals surface area contributed by atoms with Crippen molar-refractivity contribution in [3.05, 3.63) is 12.2 Å². The largest absolute Gasteiger partial charge is 0.483 e. The summed E-state index contributed by atoms with van der Waals surface area (Å²) < 4.78 is 8.54. The van der Waals surface area contributed by atoms with Crippen molar-refractivity contribution in [3.63, 3.8) is 0 Å². The molecule has 1 saturated heterocycles. The molecule has 2 heterocycles. The second-order valence-corrected chi connectivity index (χ2v) is 7.32. The molecule has 1 aromatic heterocycles. The molecule has 1 aromatic rings. The van der Waals surface area contributed by atoms with Crippen LogP contribution in [-0.2, 0) is 16.1 Å². The molecular weight excluding hydrogens is 320 g/mol. The first-order chi connectivity index (χ1) is 12.1. The molecule has 0 amide bonds. The average Bonchev–Trinajstić information content (AvgIpc) is 3.33. The molecule has 0 unspecified atom stereocenters. The van der Waals surface area contributed by atoms with Crippen molar-refractivity contribution in [2.24, 2.45) is 5.92 Å². The predicted octanol–water partition coefficient (Wildman–Crippen LogP) is 2.73. The van der Waals surface area contributed by atoms with E-state index in [4.69, 9.17) is 14.6 Å². The maximum absolute atomic E-state index is 8.36. The fourth-order valence-electron chi connectivity index (χ4n) is 3.41. The first kappa shape index (κ1) is 19.8. The van der Waals surface area contributed by atoms with Crippen molar-refractivity contribution in [2.75, 3.05) is 13.1 Å². The van der Waals surface area contributed by atoms with Crippen LogP contribution < -0.4 is 0 Å². The van der Waals surface area contributed by atoms with E-state index in [0.29, 0.717) is 18.2 Å². The predicted molar refractivity (Wildman–Crippen MR) is 95.3 cm³/mol. The minimum absolute atomic E-state index is 0.250. The maximum Gasteiger partial charge on any atom is 0.290 e. The lowest BCUT2D eigenvalue weighted by atomic mass is 10.1. The maximum atomic E-state index is 8.36. The molecule has 2 atom stereocenters. The number of aromatic nitrogens is 3. The van der Waals surface area contributed by atoms with Gasteiger partial charge in [-0.3, -0.25) is 9.69 Å². The highest BCUT2D eigenvalue weighted by Crippen LogP contribution is 2.37. The lowest BCUT2D eigenvalue weighted by Gasteiger charge is -2.38. The lowest BCUT2D eigenvalue weighted by molar-refractivity contribution is -0.122. The Bertz CT molecular complexity index is 516. The lowest BCUT2D eigenvalue weighted by Crippen LogP contribution is -2.48. The smallest absolute Gasteiger partial charge is 0.290 e. The van der Waals surface area contributed by atoms with E-state index in [1.165, 1.54) is 32.1 Å². The van der Waals surface area contributed by atoms with Gasteiger partial charge in [0.15, 0.2) is 0 Å². The van der Waals surface area contributed by atoms with E-state index >= 15 is 0 Å². The first-order valence-corrected chi connectivity index (χ1v) is 9.43. The molecule has 25 heavy (non-hydrogen) atoms. The first-order valence-electron chi connectivity index (χ1n) is 9.43. The van der Waals surface area contributed by atoms with Gasteiger partial charge in [0.25, 0.3) is 6.47 Å². The van der Waals surface area contributed by atoms with E-state index in [0.717, 1.165) is 31.4 Å². The van der Waals surface area contributed by atoms with Crippen LogP contribution in [0.1, 0.15) is 64.7 Å². The Morgan fingerprint density at radius 2 is 2.12 bits per heavy atom. The number of nitrogens with zero attached hydrogens (tertiary/aromatic N) is 4. The van der Waals surface area contributed by atoms with Crippen LogP contribution in [0.3, 0.4) is 0 Å². The molecule has 2 aliphatic rings. The van der Waals surface area contributed by atoms with Gasteiger partial charge in [-0.15, -0.1) is 10.2 Å². The van der Waals surface area contributed by atoms with Crippen LogP contribution in [0.4, 0.5) is 0 Å². The Morgan fingerprint density at radius 1 is 1.40 bits per heavy atom. The number of morpholine rings is 1. The van der Waals surface area contributed by atoms with Crippen LogP contribution >= 0.6 is 0 Å². The second kappa shape index (κ2) is 9.87. The van der Waals surface area contributed by atoms with E-state index < -0.39 is 0 Å². The molecule has 1 aliphatic heterocycles. The van der Waals surface area contributed by atoms with E-state index in [1.54, 1.807) is 0 Å². The number of carboxylic acid groups (broad SMARTS) is 1. The van der Waals surface area contributed by atoms with Crippen LogP contribution in [0.25, 0.3) is 0 Å². The van der Waals surface area contributed by atoms with Gasteiger partial charge in [0.05, 0.1) is 18.8 Å². The number of carbonyl (C=O) groups is 1. The zero-order valence-electron chi connectivity index (χ0n) is 15.7. The van der Waals surface area contributed by atoms with Crippen molar-refractivity contribution in [2.45, 2.75) is 77.7 Å². The highest BCUT2D eigenvalue weighted by atomic mass is 16.5. The van der Waals surface area contributed by atoms with Crippen molar-refractivity contribution < 1.29 is 14.6 Å². The SMILES string of the molecule is CCCC[C@@H]1CN(Cc2nncn2C(C)C)C[C@H](C2CC2)O1.O=CO. The minimum Gasteiger partial charge on any atom is -0.483 e. The molecule has 142 valence electrons. The molecular formula is C18H32N4O3. The van der Waals surface area contributed by atoms with Crippen LogP contribution in [0.5, 0.6) is 0 Å². The Kier molecular flexibility index (Phi) is 7.84. The van der Waals surface area contributed by atoms with Crippen molar-refractivity contribution in [1.29, 1.82) is 0 Å². The number of ether oxygens (including phenoxy) is 1. The molecule has 1 saturated carbocycles. The molecule has 2 fully saturated rings. The summed E-state index contributed by atoms with van der Waals surface area (Å²) in [5.41, 5.74) is 0. The highest BCUT2D eigenvalue weighted by molar-refractivity contribution is 5.32. The quantitative estimate of drug-likeness (QED) is 0.760. The topological polar surface area (TPSA) is 80.5 Å². The molecule has 3 rings (SSSR count). The molecule has 0 radical (unpaired) electrons. The Labute approximate surface area is 150 Å². The Hall–Kier alpha value is -1.47. The van der Waals surface area contributed by atoms with Gasteiger partial charge in [-0.1, -0.05) is 19.8 Å². The fraction of sp³-hybridized carbons (Fsp3) is 0.833. The van der Waals surface area contributed by atoms with Crippen LogP contribution in [0.15, 0.2) is 6.33 Å². The van der Waals surface area contributed by atoms with Crippen molar-refractivity contribution in [3.8, 4) is 0 Å².